The highest BCUT2D eigenvalue weighted by atomic mass is 15.2. The van der Waals surface area contributed by atoms with E-state index in [1.807, 2.05) is 54.6 Å². The molecular weight excluding hydrogens is 769 g/mol. The van der Waals surface area contributed by atoms with Crippen molar-refractivity contribution in [1.29, 1.82) is 0 Å². The van der Waals surface area contributed by atoms with Crippen LogP contribution in [0.3, 0.4) is 0 Å². The zero-order chi connectivity index (χ0) is 42.1. The maximum absolute atomic E-state index is 7.48. The summed E-state index contributed by atoms with van der Waals surface area (Å²) >= 11 is 0. The van der Waals surface area contributed by atoms with Gasteiger partial charge in [0.25, 0.3) is 0 Å². The van der Waals surface area contributed by atoms with Crippen LogP contribution in [0.15, 0.2) is 218 Å². The second kappa shape index (κ2) is 16.2. The first-order chi connectivity index (χ1) is 31.2. The average Bonchev–Trinajstić information content (AvgIpc) is 3.71. The molecule has 0 radical (unpaired) electrons. The lowest BCUT2D eigenvalue weighted by molar-refractivity contribution is 0.954. The van der Waals surface area contributed by atoms with Crippen molar-refractivity contribution in [2.24, 2.45) is 0 Å². The second-order valence-corrected chi connectivity index (χ2v) is 15.6. The molecule has 8 aromatic carbocycles. The number of hydrogen-bond acceptors (Lipinski definition) is 5. The van der Waals surface area contributed by atoms with Crippen molar-refractivity contribution in [3.63, 3.8) is 0 Å². The van der Waals surface area contributed by atoms with Crippen molar-refractivity contribution in [3.8, 4) is 73.5 Å². The van der Waals surface area contributed by atoms with E-state index in [1.165, 1.54) is 5.56 Å². The summed E-state index contributed by atoms with van der Waals surface area (Å²) < 4.78 is 2.11. The molecule has 0 fully saturated rings. The SMILES string of the molecule is Nc1c(-c2ccccc2Cc2ccccc2-c2cccc(-c3ccccc3)n2)ccc2c3ccccc3n(-c3nc(-c4ccccc4)nc(-c4ccc(-c5ccccc5)cc4)n3)c12. The molecule has 63 heavy (non-hydrogen) atoms. The molecule has 298 valence electrons. The maximum Gasteiger partial charge on any atom is 0.238 e. The lowest BCUT2D eigenvalue weighted by Gasteiger charge is -2.16. The van der Waals surface area contributed by atoms with Gasteiger partial charge in [0.1, 0.15) is 0 Å². The predicted octanol–water partition coefficient (Wildman–Crippen LogP) is 13.5. The number of aromatic nitrogens is 5. The van der Waals surface area contributed by atoms with Crippen LogP contribution in [0.1, 0.15) is 11.1 Å². The Morgan fingerprint density at radius 3 is 1.59 bits per heavy atom. The van der Waals surface area contributed by atoms with Gasteiger partial charge in [0.15, 0.2) is 11.6 Å². The summed E-state index contributed by atoms with van der Waals surface area (Å²) in [5.74, 6) is 1.65. The van der Waals surface area contributed by atoms with E-state index in [9.17, 15) is 0 Å². The third-order valence-electron chi connectivity index (χ3n) is 11.8. The summed E-state index contributed by atoms with van der Waals surface area (Å²) in [4.78, 5) is 20.6. The number of anilines is 1. The first-order valence-corrected chi connectivity index (χ1v) is 21.1. The van der Waals surface area contributed by atoms with Crippen molar-refractivity contribution >= 4 is 27.5 Å². The molecule has 3 aromatic heterocycles. The molecule has 0 aliphatic heterocycles. The number of fused-ring (bicyclic) bond motifs is 3. The van der Waals surface area contributed by atoms with Crippen molar-refractivity contribution < 1.29 is 0 Å². The Bertz CT molecular complexity index is 3420. The Balaban J connectivity index is 1.05. The minimum absolute atomic E-state index is 0.494. The largest absolute Gasteiger partial charge is 0.397 e. The van der Waals surface area contributed by atoms with Crippen LogP contribution < -0.4 is 5.73 Å². The molecular formula is C57H40N6. The molecule has 0 saturated heterocycles. The van der Waals surface area contributed by atoms with E-state index in [4.69, 9.17) is 25.7 Å². The van der Waals surface area contributed by atoms with Gasteiger partial charge in [-0.3, -0.25) is 4.57 Å². The molecule has 0 aliphatic carbocycles. The molecule has 6 heteroatoms. The quantitative estimate of drug-likeness (QED) is 0.147. The van der Waals surface area contributed by atoms with E-state index in [-0.39, 0.29) is 0 Å². The number of pyridine rings is 1. The fraction of sp³-hybridized carbons (Fsp3) is 0.0175. The van der Waals surface area contributed by atoms with Crippen LogP contribution in [0, 0.1) is 0 Å². The Morgan fingerprint density at radius 2 is 0.873 bits per heavy atom. The highest BCUT2D eigenvalue weighted by Gasteiger charge is 2.22. The number of nitrogens with two attached hydrogens (primary N) is 1. The predicted molar refractivity (Wildman–Crippen MR) is 258 cm³/mol. The lowest BCUT2D eigenvalue weighted by Crippen LogP contribution is -2.07. The molecule has 0 bridgehead atoms. The number of para-hydroxylation sites is 1. The Hall–Kier alpha value is -8.48. The zero-order valence-corrected chi connectivity index (χ0v) is 34.3. The molecule has 2 N–H and O–H groups in total. The van der Waals surface area contributed by atoms with Gasteiger partial charge in [0.05, 0.1) is 28.1 Å². The summed E-state index contributed by atoms with van der Waals surface area (Å²) in [5.41, 5.74) is 22.4. The highest BCUT2D eigenvalue weighted by Crippen LogP contribution is 2.41. The zero-order valence-electron chi connectivity index (χ0n) is 34.3. The summed E-state index contributed by atoms with van der Waals surface area (Å²) in [6.07, 6.45) is 0.685. The van der Waals surface area contributed by atoms with Crippen molar-refractivity contribution in [3.05, 3.63) is 230 Å². The third kappa shape index (κ3) is 7.09. The summed E-state index contributed by atoms with van der Waals surface area (Å²) in [7, 11) is 0. The molecule has 11 aromatic rings. The van der Waals surface area contributed by atoms with Gasteiger partial charge in [-0.25, -0.2) is 9.97 Å². The Morgan fingerprint density at radius 1 is 0.349 bits per heavy atom. The lowest BCUT2D eigenvalue weighted by atomic mass is 9.91. The van der Waals surface area contributed by atoms with Crippen LogP contribution in [0.25, 0.3) is 95.3 Å². The summed E-state index contributed by atoms with van der Waals surface area (Å²) in [6.45, 7) is 0. The van der Waals surface area contributed by atoms with E-state index in [0.29, 0.717) is 29.7 Å². The second-order valence-electron chi connectivity index (χ2n) is 15.6. The topological polar surface area (TPSA) is 82.5 Å². The van der Waals surface area contributed by atoms with Crippen LogP contribution in [0.2, 0.25) is 0 Å². The number of nitrogen functional groups attached to an aromatic ring is 1. The Labute approximate surface area is 365 Å². The molecule has 0 amide bonds. The molecule has 0 aliphatic rings. The maximum atomic E-state index is 7.48. The van der Waals surface area contributed by atoms with E-state index < -0.39 is 0 Å². The third-order valence-corrected chi connectivity index (χ3v) is 11.8. The number of nitrogens with zero attached hydrogens (tertiary/aromatic N) is 5. The van der Waals surface area contributed by atoms with Gasteiger partial charge in [0, 0.05) is 38.6 Å². The average molecular weight is 809 g/mol. The van der Waals surface area contributed by atoms with Crippen LogP contribution in [-0.2, 0) is 6.42 Å². The number of benzene rings is 8. The molecule has 11 rings (SSSR count). The van der Waals surface area contributed by atoms with Gasteiger partial charge in [-0.1, -0.05) is 200 Å². The van der Waals surface area contributed by atoms with Crippen LogP contribution in [0.5, 0.6) is 0 Å². The van der Waals surface area contributed by atoms with Gasteiger partial charge in [0.2, 0.25) is 5.95 Å². The highest BCUT2D eigenvalue weighted by molar-refractivity contribution is 6.15. The minimum Gasteiger partial charge on any atom is -0.397 e. The molecule has 0 atom stereocenters. The van der Waals surface area contributed by atoms with Crippen LogP contribution in [-0.4, -0.2) is 24.5 Å². The molecule has 6 nitrogen and oxygen atoms in total. The van der Waals surface area contributed by atoms with Gasteiger partial charge in [-0.05, 0) is 52.4 Å². The van der Waals surface area contributed by atoms with E-state index in [2.05, 4.69) is 168 Å². The molecule has 0 unspecified atom stereocenters. The van der Waals surface area contributed by atoms with E-state index >= 15 is 0 Å². The van der Waals surface area contributed by atoms with Crippen LogP contribution >= 0.6 is 0 Å². The van der Waals surface area contributed by atoms with E-state index in [1.54, 1.807) is 0 Å². The van der Waals surface area contributed by atoms with Crippen molar-refractivity contribution in [1.82, 2.24) is 24.5 Å². The fourth-order valence-electron chi connectivity index (χ4n) is 8.70. The van der Waals surface area contributed by atoms with E-state index in [0.717, 1.165) is 83.3 Å². The van der Waals surface area contributed by atoms with Crippen LogP contribution in [0.4, 0.5) is 5.69 Å². The van der Waals surface area contributed by atoms with Gasteiger partial charge in [-0.15, -0.1) is 0 Å². The van der Waals surface area contributed by atoms with Gasteiger partial charge < -0.3 is 5.73 Å². The number of rotatable bonds is 9. The molecule has 3 heterocycles. The molecule has 0 spiro atoms. The number of hydrogen-bond donors (Lipinski definition) is 1. The summed E-state index contributed by atoms with van der Waals surface area (Å²) in [6, 6.07) is 75.3. The van der Waals surface area contributed by atoms with Crippen molar-refractivity contribution in [2.45, 2.75) is 6.42 Å². The van der Waals surface area contributed by atoms with Gasteiger partial charge in [-0.2, -0.15) is 9.97 Å². The molecule has 0 saturated carbocycles. The fourth-order valence-corrected chi connectivity index (χ4v) is 8.70. The first kappa shape index (κ1) is 37.5. The monoisotopic (exact) mass is 808 g/mol. The minimum atomic E-state index is 0.494. The Kier molecular flexibility index (Phi) is 9.63. The standard InChI is InChI=1S/C57H40N6/c58-53-48(45-25-12-10-23-43(45)37-44-24-11-13-26-46(44)51-29-16-28-50(59-51)40-19-6-2-7-20-40)35-36-49-47-27-14-15-30-52(47)63(54(49)53)57-61-55(41-21-8-3-9-22-41)60-56(62-57)42-33-31-39(32-34-42)38-17-4-1-5-18-38/h1-36H,37,58H2. The smallest absolute Gasteiger partial charge is 0.238 e. The van der Waals surface area contributed by atoms with Gasteiger partial charge >= 0.3 is 0 Å². The normalized spacial score (nSPS) is 11.3. The van der Waals surface area contributed by atoms with Crippen molar-refractivity contribution in [2.75, 3.05) is 5.73 Å². The first-order valence-electron chi connectivity index (χ1n) is 21.1. The summed E-state index contributed by atoms with van der Waals surface area (Å²) in [5, 5.41) is 2.09.